The van der Waals surface area contributed by atoms with Gasteiger partial charge in [0.05, 0.1) is 7.11 Å². The van der Waals surface area contributed by atoms with Crippen molar-refractivity contribution in [2.75, 3.05) is 33.3 Å². The first kappa shape index (κ1) is 12.9. The quantitative estimate of drug-likeness (QED) is 0.895. The lowest BCUT2D eigenvalue weighted by Crippen LogP contribution is -2.46. The van der Waals surface area contributed by atoms with E-state index in [9.17, 15) is 0 Å². The van der Waals surface area contributed by atoms with Gasteiger partial charge in [0, 0.05) is 19.1 Å². The maximum absolute atomic E-state index is 5.19. The van der Waals surface area contributed by atoms with Crippen molar-refractivity contribution < 1.29 is 4.74 Å². The molecule has 2 saturated heterocycles. The van der Waals surface area contributed by atoms with Crippen molar-refractivity contribution >= 4 is 0 Å². The van der Waals surface area contributed by atoms with Gasteiger partial charge in [-0.1, -0.05) is 12.1 Å². The first-order chi connectivity index (χ1) is 9.35. The van der Waals surface area contributed by atoms with Crippen LogP contribution in [0.5, 0.6) is 5.75 Å². The van der Waals surface area contributed by atoms with Crippen LogP contribution in [0.2, 0.25) is 0 Å². The van der Waals surface area contributed by atoms with E-state index in [1.807, 2.05) is 0 Å². The maximum Gasteiger partial charge on any atom is 0.118 e. The molecule has 0 aliphatic carbocycles. The van der Waals surface area contributed by atoms with E-state index in [0.717, 1.165) is 24.1 Å². The zero-order valence-corrected chi connectivity index (χ0v) is 11.8. The van der Waals surface area contributed by atoms with E-state index in [0.29, 0.717) is 0 Å². The van der Waals surface area contributed by atoms with E-state index in [-0.39, 0.29) is 0 Å². The monoisotopic (exact) mass is 260 g/mol. The third kappa shape index (κ3) is 3.10. The van der Waals surface area contributed by atoms with Crippen molar-refractivity contribution in [3.8, 4) is 5.75 Å². The number of nitrogens with zero attached hydrogens (tertiary/aromatic N) is 1. The summed E-state index contributed by atoms with van der Waals surface area (Å²) in [7, 11) is 1.72. The summed E-state index contributed by atoms with van der Waals surface area (Å²) in [6, 6.07) is 9.23. The number of fused-ring (bicyclic) bond motifs is 1. The molecule has 2 heterocycles. The van der Waals surface area contributed by atoms with E-state index in [1.54, 1.807) is 7.11 Å². The van der Waals surface area contributed by atoms with Gasteiger partial charge in [-0.2, -0.15) is 0 Å². The fourth-order valence-corrected chi connectivity index (χ4v) is 3.38. The number of likely N-dealkylation sites (tertiary alicyclic amines) is 1. The minimum atomic E-state index is 0.754. The molecule has 3 nitrogen and oxygen atoms in total. The predicted octanol–water partition coefficient (Wildman–Crippen LogP) is 1.92. The topological polar surface area (TPSA) is 24.5 Å². The van der Waals surface area contributed by atoms with Crippen molar-refractivity contribution in [1.29, 1.82) is 0 Å². The molecule has 3 heteroatoms. The summed E-state index contributed by atoms with van der Waals surface area (Å²) in [6.07, 6.45) is 3.90. The number of ether oxygens (including phenoxy) is 1. The molecule has 2 fully saturated rings. The number of rotatable bonds is 4. The number of benzene rings is 1. The van der Waals surface area contributed by atoms with Gasteiger partial charge in [0.1, 0.15) is 5.75 Å². The van der Waals surface area contributed by atoms with Gasteiger partial charge in [0.25, 0.3) is 0 Å². The summed E-state index contributed by atoms with van der Waals surface area (Å²) in [5.41, 5.74) is 1.40. The van der Waals surface area contributed by atoms with Gasteiger partial charge in [-0.15, -0.1) is 0 Å². The van der Waals surface area contributed by atoms with Crippen molar-refractivity contribution in [2.24, 2.45) is 5.92 Å². The second-order valence-electron chi connectivity index (χ2n) is 5.80. The van der Waals surface area contributed by atoms with Crippen molar-refractivity contribution in [1.82, 2.24) is 10.2 Å². The highest BCUT2D eigenvalue weighted by Crippen LogP contribution is 2.25. The number of hydrogen-bond acceptors (Lipinski definition) is 3. The van der Waals surface area contributed by atoms with E-state index in [4.69, 9.17) is 4.74 Å². The van der Waals surface area contributed by atoms with Crippen LogP contribution in [0.15, 0.2) is 24.3 Å². The first-order valence-electron chi connectivity index (χ1n) is 7.44. The fourth-order valence-electron chi connectivity index (χ4n) is 3.38. The molecular formula is C16H24N2O. The molecule has 19 heavy (non-hydrogen) atoms. The highest BCUT2D eigenvalue weighted by molar-refractivity contribution is 5.27. The van der Waals surface area contributed by atoms with Crippen LogP contribution in [0, 0.1) is 5.92 Å². The molecular weight excluding hydrogens is 236 g/mol. The van der Waals surface area contributed by atoms with E-state index in [1.165, 1.54) is 44.6 Å². The third-order valence-electron chi connectivity index (χ3n) is 4.64. The van der Waals surface area contributed by atoms with Crippen LogP contribution in [-0.4, -0.2) is 44.2 Å². The highest BCUT2D eigenvalue weighted by Gasteiger charge is 2.32. The van der Waals surface area contributed by atoms with E-state index >= 15 is 0 Å². The van der Waals surface area contributed by atoms with Crippen molar-refractivity contribution in [2.45, 2.75) is 25.3 Å². The molecule has 0 radical (unpaired) electrons. The molecule has 0 spiro atoms. The Hall–Kier alpha value is -1.06. The fraction of sp³-hybridized carbons (Fsp3) is 0.625. The standard InChI is InChI=1S/C16H24N2O/c1-19-15-4-2-13(3-5-15)7-10-18-11-8-14-6-9-17-16(14)12-18/h2-5,14,16-17H,6-12H2,1H3/t14-,16?/m0/s1. The Labute approximate surface area is 115 Å². The van der Waals surface area contributed by atoms with Crippen LogP contribution in [0.25, 0.3) is 0 Å². The molecule has 2 aliphatic heterocycles. The summed E-state index contributed by atoms with van der Waals surface area (Å²) in [5, 5.41) is 3.64. The lowest BCUT2D eigenvalue weighted by Gasteiger charge is -2.34. The Kier molecular flexibility index (Phi) is 4.04. The second-order valence-corrected chi connectivity index (χ2v) is 5.80. The van der Waals surface area contributed by atoms with E-state index < -0.39 is 0 Å². The number of methoxy groups -OCH3 is 1. The minimum Gasteiger partial charge on any atom is -0.497 e. The summed E-state index contributed by atoms with van der Waals surface area (Å²) in [4.78, 5) is 2.61. The first-order valence-corrected chi connectivity index (χ1v) is 7.44. The Balaban J connectivity index is 1.49. The minimum absolute atomic E-state index is 0.754. The zero-order chi connectivity index (χ0) is 13.1. The smallest absolute Gasteiger partial charge is 0.118 e. The number of hydrogen-bond donors (Lipinski definition) is 1. The Morgan fingerprint density at radius 1 is 1.26 bits per heavy atom. The highest BCUT2D eigenvalue weighted by atomic mass is 16.5. The lowest BCUT2D eigenvalue weighted by atomic mass is 9.92. The average molecular weight is 260 g/mol. The van der Waals surface area contributed by atoms with Gasteiger partial charge >= 0.3 is 0 Å². The van der Waals surface area contributed by atoms with Gasteiger partial charge in [-0.05, 0) is 56.0 Å². The molecule has 1 aromatic carbocycles. The normalized spacial score (nSPS) is 27.2. The molecule has 0 bridgehead atoms. The van der Waals surface area contributed by atoms with Gasteiger partial charge in [-0.3, -0.25) is 0 Å². The van der Waals surface area contributed by atoms with E-state index in [2.05, 4.69) is 34.5 Å². The Morgan fingerprint density at radius 2 is 2.11 bits per heavy atom. The molecule has 2 atom stereocenters. The second kappa shape index (κ2) is 5.93. The van der Waals surface area contributed by atoms with Crippen LogP contribution in [0.3, 0.4) is 0 Å². The lowest BCUT2D eigenvalue weighted by molar-refractivity contribution is 0.168. The largest absolute Gasteiger partial charge is 0.497 e. The number of nitrogens with one attached hydrogen (secondary N) is 1. The molecule has 1 aromatic rings. The number of piperidine rings is 1. The Morgan fingerprint density at radius 3 is 2.89 bits per heavy atom. The third-order valence-corrected chi connectivity index (χ3v) is 4.64. The molecule has 0 aromatic heterocycles. The summed E-state index contributed by atoms with van der Waals surface area (Å²) in [6.45, 7) is 4.92. The van der Waals surface area contributed by atoms with Gasteiger partial charge in [-0.25, -0.2) is 0 Å². The molecule has 1 N–H and O–H groups in total. The van der Waals surface area contributed by atoms with Crippen LogP contribution in [0.4, 0.5) is 0 Å². The molecule has 0 amide bonds. The molecule has 104 valence electrons. The molecule has 2 aliphatic rings. The summed E-state index contributed by atoms with van der Waals surface area (Å²) >= 11 is 0. The Bertz CT molecular complexity index is 404. The van der Waals surface area contributed by atoms with Crippen molar-refractivity contribution in [3.63, 3.8) is 0 Å². The SMILES string of the molecule is COc1ccc(CCN2CC[C@@H]3CCNC3C2)cc1. The van der Waals surface area contributed by atoms with Crippen LogP contribution >= 0.6 is 0 Å². The van der Waals surface area contributed by atoms with Gasteiger partial charge < -0.3 is 15.0 Å². The predicted molar refractivity (Wildman–Crippen MR) is 77.7 cm³/mol. The summed E-state index contributed by atoms with van der Waals surface area (Å²) in [5.74, 6) is 1.89. The average Bonchev–Trinajstić information content (AvgIpc) is 2.93. The molecule has 3 rings (SSSR count). The van der Waals surface area contributed by atoms with Crippen LogP contribution in [0.1, 0.15) is 18.4 Å². The summed E-state index contributed by atoms with van der Waals surface area (Å²) < 4.78 is 5.19. The van der Waals surface area contributed by atoms with Crippen LogP contribution < -0.4 is 10.1 Å². The van der Waals surface area contributed by atoms with Crippen molar-refractivity contribution in [3.05, 3.63) is 29.8 Å². The van der Waals surface area contributed by atoms with Gasteiger partial charge in [0.15, 0.2) is 0 Å². The molecule has 0 saturated carbocycles. The zero-order valence-electron chi connectivity index (χ0n) is 11.8. The maximum atomic E-state index is 5.19. The van der Waals surface area contributed by atoms with Crippen LogP contribution in [-0.2, 0) is 6.42 Å². The van der Waals surface area contributed by atoms with Gasteiger partial charge in [0.2, 0.25) is 0 Å². The molecule has 1 unspecified atom stereocenters.